The van der Waals surface area contributed by atoms with Gasteiger partial charge < -0.3 is 9.32 Å². The van der Waals surface area contributed by atoms with Gasteiger partial charge in [0.15, 0.2) is 17.4 Å². The van der Waals surface area contributed by atoms with E-state index in [0.29, 0.717) is 29.0 Å². The zero-order chi connectivity index (χ0) is 18.1. The van der Waals surface area contributed by atoms with Crippen LogP contribution in [-0.4, -0.2) is 28.3 Å². The first-order valence-corrected chi connectivity index (χ1v) is 8.51. The molecule has 1 saturated heterocycles. The molecule has 0 aliphatic carbocycles. The minimum Gasteiger partial charge on any atom is -0.461 e. The van der Waals surface area contributed by atoms with Gasteiger partial charge >= 0.3 is 0 Å². The Morgan fingerprint density at radius 2 is 2.08 bits per heavy atom. The normalized spacial score (nSPS) is 17.3. The van der Waals surface area contributed by atoms with Gasteiger partial charge in [-0.15, -0.1) is 0 Å². The minimum atomic E-state index is -2.75. The second kappa shape index (κ2) is 6.82. The van der Waals surface area contributed by atoms with E-state index in [1.807, 2.05) is 17.0 Å². The van der Waals surface area contributed by atoms with Crippen LogP contribution in [-0.2, 0) is 0 Å². The van der Waals surface area contributed by atoms with Crippen LogP contribution in [0.15, 0.2) is 47.1 Å². The first-order valence-electron chi connectivity index (χ1n) is 8.51. The number of carbonyl (C=O) groups excluding carboxylic acids is 1. The van der Waals surface area contributed by atoms with E-state index >= 15 is 0 Å². The summed E-state index contributed by atoms with van der Waals surface area (Å²) in [6, 6.07) is 10.3. The van der Waals surface area contributed by atoms with Crippen molar-refractivity contribution < 1.29 is 18.0 Å². The maximum absolute atomic E-state index is 13.2. The molecule has 1 aliphatic rings. The molecule has 134 valence electrons. The lowest BCUT2D eigenvalue weighted by Gasteiger charge is -2.26. The Hall–Kier alpha value is -2.83. The second-order valence-electron chi connectivity index (χ2n) is 6.32. The predicted molar refractivity (Wildman–Crippen MR) is 92.5 cm³/mol. The van der Waals surface area contributed by atoms with Crippen molar-refractivity contribution in [3.63, 3.8) is 0 Å². The number of hydrogen-bond donors (Lipinski definition) is 0. The van der Waals surface area contributed by atoms with Crippen molar-refractivity contribution in [2.24, 2.45) is 0 Å². The van der Waals surface area contributed by atoms with Crippen LogP contribution in [0.3, 0.4) is 0 Å². The third-order valence-corrected chi connectivity index (χ3v) is 4.66. The number of carbonyl (C=O) groups is 1. The smallest absolute Gasteiger partial charge is 0.297 e. The fourth-order valence-electron chi connectivity index (χ4n) is 3.47. The summed E-state index contributed by atoms with van der Waals surface area (Å²) in [6.45, 7) is 0.666. The summed E-state index contributed by atoms with van der Waals surface area (Å²) in [5, 5.41) is 0.717. The van der Waals surface area contributed by atoms with E-state index in [0.717, 1.165) is 12.8 Å². The van der Waals surface area contributed by atoms with Crippen LogP contribution in [0, 0.1) is 0 Å². The standard InChI is InChI=1S/C19H17F2N3O2/c20-17(21)18-22-14-7-2-1-6-13(14)19(23-18)24-9-3-5-12(24)11-15(25)16-8-4-10-26-16/h1-2,4,6-8,10,12,17H,3,5,9,11H2. The quantitative estimate of drug-likeness (QED) is 0.633. The molecule has 1 atom stereocenters. The zero-order valence-electron chi connectivity index (χ0n) is 13.9. The van der Waals surface area contributed by atoms with Gasteiger partial charge in [-0.25, -0.2) is 18.7 Å². The number of alkyl halides is 2. The van der Waals surface area contributed by atoms with Gasteiger partial charge in [-0.1, -0.05) is 12.1 Å². The minimum absolute atomic E-state index is 0.0978. The van der Waals surface area contributed by atoms with Gasteiger partial charge in [0.1, 0.15) is 5.82 Å². The average molecular weight is 357 g/mol. The first-order chi connectivity index (χ1) is 12.6. The van der Waals surface area contributed by atoms with E-state index in [2.05, 4.69) is 9.97 Å². The molecule has 7 heteroatoms. The molecule has 3 heterocycles. The molecular formula is C19H17F2N3O2. The molecule has 0 spiro atoms. The summed E-state index contributed by atoms with van der Waals surface area (Å²) in [6.07, 6.45) is 0.652. The van der Waals surface area contributed by atoms with Crippen molar-refractivity contribution in [2.75, 3.05) is 11.4 Å². The molecule has 26 heavy (non-hydrogen) atoms. The Labute approximate surface area is 148 Å². The van der Waals surface area contributed by atoms with Gasteiger partial charge in [-0.3, -0.25) is 4.79 Å². The van der Waals surface area contributed by atoms with Crippen LogP contribution in [0.2, 0.25) is 0 Å². The third kappa shape index (κ3) is 3.05. The highest BCUT2D eigenvalue weighted by Gasteiger charge is 2.31. The Morgan fingerprint density at radius 1 is 1.23 bits per heavy atom. The molecule has 1 unspecified atom stereocenters. The predicted octanol–water partition coefficient (Wildman–Crippen LogP) is 4.40. The van der Waals surface area contributed by atoms with E-state index < -0.39 is 12.2 Å². The van der Waals surface area contributed by atoms with Crippen molar-refractivity contribution in [3.05, 3.63) is 54.2 Å². The van der Waals surface area contributed by atoms with Crippen LogP contribution in [0.25, 0.3) is 10.9 Å². The monoisotopic (exact) mass is 357 g/mol. The van der Waals surface area contributed by atoms with Crippen LogP contribution < -0.4 is 4.90 Å². The highest BCUT2D eigenvalue weighted by molar-refractivity contribution is 5.95. The van der Waals surface area contributed by atoms with Crippen LogP contribution >= 0.6 is 0 Å². The number of anilines is 1. The Balaban J connectivity index is 1.70. The topological polar surface area (TPSA) is 59.2 Å². The van der Waals surface area contributed by atoms with Gasteiger partial charge in [0.05, 0.1) is 11.8 Å². The molecule has 3 aromatic rings. The molecule has 0 saturated carbocycles. The van der Waals surface area contributed by atoms with Gasteiger partial charge in [0, 0.05) is 24.4 Å². The highest BCUT2D eigenvalue weighted by atomic mass is 19.3. The highest BCUT2D eigenvalue weighted by Crippen LogP contribution is 2.33. The molecular weight excluding hydrogens is 340 g/mol. The van der Waals surface area contributed by atoms with Crippen molar-refractivity contribution in [1.29, 1.82) is 0 Å². The summed E-state index contributed by atoms with van der Waals surface area (Å²) in [4.78, 5) is 22.5. The van der Waals surface area contributed by atoms with Crippen molar-refractivity contribution in [1.82, 2.24) is 9.97 Å². The molecule has 1 fully saturated rings. The SMILES string of the molecule is O=C(CC1CCCN1c1nc(C(F)F)nc2ccccc12)c1ccco1. The number of aromatic nitrogens is 2. The van der Waals surface area contributed by atoms with Crippen LogP contribution in [0.4, 0.5) is 14.6 Å². The molecule has 2 aromatic heterocycles. The summed E-state index contributed by atoms with van der Waals surface area (Å²) < 4.78 is 31.7. The lowest BCUT2D eigenvalue weighted by atomic mass is 10.1. The third-order valence-electron chi connectivity index (χ3n) is 4.66. The molecule has 0 N–H and O–H groups in total. The van der Waals surface area contributed by atoms with Gasteiger partial charge in [-0.2, -0.15) is 0 Å². The average Bonchev–Trinajstić information content (AvgIpc) is 3.32. The Kier molecular flexibility index (Phi) is 4.36. The Morgan fingerprint density at radius 3 is 2.85 bits per heavy atom. The van der Waals surface area contributed by atoms with E-state index in [1.54, 1.807) is 24.3 Å². The van der Waals surface area contributed by atoms with Gasteiger partial charge in [0.2, 0.25) is 0 Å². The van der Waals surface area contributed by atoms with Crippen LogP contribution in [0.1, 0.15) is 42.1 Å². The summed E-state index contributed by atoms with van der Waals surface area (Å²) in [5.41, 5.74) is 0.482. The Bertz CT molecular complexity index is 928. The molecule has 0 amide bonds. The maximum Gasteiger partial charge on any atom is 0.297 e. The summed E-state index contributed by atoms with van der Waals surface area (Å²) in [5.74, 6) is 0.208. The number of hydrogen-bond acceptors (Lipinski definition) is 5. The van der Waals surface area contributed by atoms with Gasteiger partial charge in [0.25, 0.3) is 6.43 Å². The molecule has 0 bridgehead atoms. The van der Waals surface area contributed by atoms with Crippen molar-refractivity contribution in [2.45, 2.75) is 31.7 Å². The maximum atomic E-state index is 13.2. The van der Waals surface area contributed by atoms with E-state index in [-0.39, 0.29) is 18.2 Å². The number of halogens is 2. The van der Waals surface area contributed by atoms with Crippen molar-refractivity contribution in [3.8, 4) is 0 Å². The number of fused-ring (bicyclic) bond motifs is 1. The molecule has 5 nitrogen and oxygen atoms in total. The van der Waals surface area contributed by atoms with E-state index in [4.69, 9.17) is 4.42 Å². The summed E-state index contributed by atoms with van der Waals surface area (Å²) in [7, 11) is 0. The van der Waals surface area contributed by atoms with Crippen LogP contribution in [0.5, 0.6) is 0 Å². The number of rotatable bonds is 5. The van der Waals surface area contributed by atoms with E-state index in [9.17, 15) is 13.6 Å². The molecule has 1 aromatic carbocycles. The number of furan rings is 1. The summed E-state index contributed by atoms with van der Waals surface area (Å²) >= 11 is 0. The number of Topliss-reactive ketones (excluding diaryl/α,β-unsaturated/α-hetero) is 1. The number of para-hydroxylation sites is 1. The fraction of sp³-hybridized carbons (Fsp3) is 0.316. The number of nitrogens with zero attached hydrogens (tertiary/aromatic N) is 3. The zero-order valence-corrected chi connectivity index (χ0v) is 13.9. The lowest BCUT2D eigenvalue weighted by Crippen LogP contribution is -2.32. The number of ketones is 1. The molecule has 0 radical (unpaired) electrons. The molecule has 1 aliphatic heterocycles. The van der Waals surface area contributed by atoms with Gasteiger partial charge in [-0.05, 0) is 37.1 Å². The fourth-order valence-corrected chi connectivity index (χ4v) is 3.47. The number of benzene rings is 1. The van der Waals surface area contributed by atoms with Crippen molar-refractivity contribution >= 4 is 22.5 Å². The lowest BCUT2D eigenvalue weighted by molar-refractivity contribution is 0.0947. The first kappa shape index (κ1) is 16.6. The largest absolute Gasteiger partial charge is 0.461 e. The molecule has 4 rings (SSSR count). The van der Waals surface area contributed by atoms with E-state index in [1.165, 1.54) is 6.26 Å². The second-order valence-corrected chi connectivity index (χ2v) is 6.32.